The van der Waals surface area contributed by atoms with E-state index in [2.05, 4.69) is 10.6 Å². The number of benzene rings is 1. The first-order valence-corrected chi connectivity index (χ1v) is 10.4. The van der Waals surface area contributed by atoms with Gasteiger partial charge < -0.3 is 20.0 Å². The molecule has 5 rings (SSSR count). The molecule has 2 aromatic rings. The second-order valence-electron chi connectivity index (χ2n) is 8.61. The lowest BCUT2D eigenvalue weighted by Crippen LogP contribution is -2.50. The van der Waals surface area contributed by atoms with Gasteiger partial charge in [-0.2, -0.15) is 0 Å². The standard InChI is InChI=1S/C22H27N3O3/c26-20(19-12-15-4-1-2-6-18(15)28-19)24-16-5-3-11-25(14-16)21(27)17-13-22(17)7-9-23-10-8-22/h1-2,4,6,12,16-17,23H,3,5,7-11,13-14H2,(H,24,26). The van der Waals surface area contributed by atoms with Gasteiger partial charge in [-0.3, -0.25) is 9.59 Å². The van der Waals surface area contributed by atoms with Gasteiger partial charge >= 0.3 is 0 Å². The number of hydrogen-bond donors (Lipinski definition) is 2. The Bertz CT molecular complexity index is 866. The second-order valence-corrected chi connectivity index (χ2v) is 8.61. The Labute approximate surface area is 164 Å². The summed E-state index contributed by atoms with van der Waals surface area (Å²) in [4.78, 5) is 27.6. The van der Waals surface area contributed by atoms with E-state index in [4.69, 9.17) is 4.42 Å². The predicted octanol–water partition coefficient (Wildman–Crippen LogP) is 2.54. The number of carbonyl (C=O) groups is 2. The lowest BCUT2D eigenvalue weighted by Gasteiger charge is -2.34. The average molecular weight is 381 g/mol. The molecule has 3 aliphatic rings. The van der Waals surface area contributed by atoms with E-state index < -0.39 is 0 Å². The SMILES string of the molecule is O=C(NC1CCCN(C(=O)C2CC23CCNCC3)C1)c1cc2ccccc2o1. The lowest BCUT2D eigenvalue weighted by molar-refractivity contribution is -0.135. The van der Waals surface area contributed by atoms with Crippen LogP contribution in [0.2, 0.25) is 0 Å². The fraction of sp³-hybridized carbons (Fsp3) is 0.545. The monoisotopic (exact) mass is 381 g/mol. The Hall–Kier alpha value is -2.34. The number of rotatable bonds is 3. The molecule has 6 heteroatoms. The molecule has 2 amide bonds. The van der Waals surface area contributed by atoms with Gasteiger partial charge in [0, 0.05) is 30.4 Å². The molecule has 0 bridgehead atoms. The number of carbonyl (C=O) groups excluding carboxylic acids is 2. The van der Waals surface area contributed by atoms with Crippen LogP contribution in [-0.4, -0.2) is 48.9 Å². The van der Waals surface area contributed by atoms with Crippen LogP contribution in [0.5, 0.6) is 0 Å². The summed E-state index contributed by atoms with van der Waals surface area (Å²) in [6.07, 6.45) is 5.10. The highest BCUT2D eigenvalue weighted by Crippen LogP contribution is 2.59. The first-order valence-electron chi connectivity index (χ1n) is 10.4. The van der Waals surface area contributed by atoms with Crippen molar-refractivity contribution < 1.29 is 14.0 Å². The molecular formula is C22H27N3O3. The van der Waals surface area contributed by atoms with E-state index in [1.54, 1.807) is 6.07 Å². The van der Waals surface area contributed by atoms with Crippen molar-refractivity contribution in [3.63, 3.8) is 0 Å². The minimum absolute atomic E-state index is 0.0128. The normalized spacial score (nSPS) is 26.4. The third kappa shape index (κ3) is 3.20. The molecule has 6 nitrogen and oxygen atoms in total. The van der Waals surface area contributed by atoms with Crippen molar-refractivity contribution in [3.8, 4) is 0 Å². The van der Waals surface area contributed by atoms with Crippen molar-refractivity contribution in [2.45, 2.75) is 38.1 Å². The maximum atomic E-state index is 13.0. The number of nitrogens with zero attached hydrogens (tertiary/aromatic N) is 1. The third-order valence-corrected chi connectivity index (χ3v) is 6.80. The molecule has 2 atom stereocenters. The zero-order valence-corrected chi connectivity index (χ0v) is 16.1. The molecule has 2 N–H and O–H groups in total. The zero-order valence-electron chi connectivity index (χ0n) is 16.1. The van der Waals surface area contributed by atoms with Crippen molar-refractivity contribution in [2.75, 3.05) is 26.2 Å². The number of nitrogens with one attached hydrogen (secondary N) is 2. The number of likely N-dealkylation sites (tertiary alicyclic amines) is 1. The summed E-state index contributed by atoms with van der Waals surface area (Å²) >= 11 is 0. The van der Waals surface area contributed by atoms with Crippen LogP contribution < -0.4 is 10.6 Å². The lowest BCUT2D eigenvalue weighted by atomic mass is 9.91. The molecule has 2 aliphatic heterocycles. The largest absolute Gasteiger partial charge is 0.451 e. The van der Waals surface area contributed by atoms with Crippen LogP contribution in [0.25, 0.3) is 11.0 Å². The van der Waals surface area contributed by atoms with Crippen LogP contribution in [0, 0.1) is 11.3 Å². The highest BCUT2D eigenvalue weighted by Gasteiger charge is 2.58. The van der Waals surface area contributed by atoms with E-state index in [1.165, 1.54) is 0 Å². The number of hydrogen-bond acceptors (Lipinski definition) is 4. The minimum Gasteiger partial charge on any atom is -0.451 e. The molecule has 148 valence electrons. The van der Waals surface area contributed by atoms with Crippen LogP contribution in [0.3, 0.4) is 0 Å². The van der Waals surface area contributed by atoms with E-state index in [1.807, 2.05) is 29.2 Å². The maximum Gasteiger partial charge on any atom is 0.287 e. The van der Waals surface area contributed by atoms with E-state index in [0.29, 0.717) is 23.8 Å². The highest BCUT2D eigenvalue weighted by atomic mass is 16.3. The number of para-hydroxylation sites is 1. The highest BCUT2D eigenvalue weighted by molar-refractivity contribution is 5.96. The van der Waals surface area contributed by atoms with E-state index >= 15 is 0 Å². The summed E-state index contributed by atoms with van der Waals surface area (Å²) in [5, 5.41) is 7.39. The van der Waals surface area contributed by atoms with Gasteiger partial charge in [0.05, 0.1) is 0 Å². The van der Waals surface area contributed by atoms with E-state index in [9.17, 15) is 9.59 Å². The number of furan rings is 1. The molecule has 0 radical (unpaired) electrons. The molecule has 28 heavy (non-hydrogen) atoms. The Morgan fingerprint density at radius 2 is 2.04 bits per heavy atom. The molecule has 1 saturated carbocycles. The van der Waals surface area contributed by atoms with Gasteiger partial charge in [-0.05, 0) is 62.7 Å². The summed E-state index contributed by atoms with van der Waals surface area (Å²) < 4.78 is 5.67. The predicted molar refractivity (Wildman–Crippen MR) is 106 cm³/mol. The van der Waals surface area contributed by atoms with Crippen LogP contribution in [0.1, 0.15) is 42.7 Å². The summed E-state index contributed by atoms with van der Waals surface area (Å²) in [7, 11) is 0. The van der Waals surface area contributed by atoms with Crippen molar-refractivity contribution >= 4 is 22.8 Å². The van der Waals surface area contributed by atoms with Crippen molar-refractivity contribution in [2.24, 2.45) is 11.3 Å². The van der Waals surface area contributed by atoms with Crippen molar-refractivity contribution in [1.82, 2.24) is 15.5 Å². The van der Waals surface area contributed by atoms with Gasteiger partial charge in [0.1, 0.15) is 5.58 Å². The zero-order chi connectivity index (χ0) is 19.1. The Morgan fingerprint density at radius 3 is 2.86 bits per heavy atom. The quantitative estimate of drug-likeness (QED) is 0.857. The summed E-state index contributed by atoms with van der Waals surface area (Å²) in [6, 6.07) is 9.38. The molecule has 1 aromatic carbocycles. The Balaban J connectivity index is 1.21. The molecule has 3 heterocycles. The third-order valence-electron chi connectivity index (χ3n) is 6.80. The molecule has 1 aliphatic carbocycles. The second kappa shape index (κ2) is 6.92. The van der Waals surface area contributed by atoms with Crippen molar-refractivity contribution in [3.05, 3.63) is 36.1 Å². The first kappa shape index (κ1) is 17.7. The van der Waals surface area contributed by atoms with Gasteiger partial charge in [-0.15, -0.1) is 0 Å². The molecule has 2 unspecified atom stereocenters. The van der Waals surface area contributed by atoms with Crippen LogP contribution in [0.4, 0.5) is 0 Å². The first-order chi connectivity index (χ1) is 13.6. The topological polar surface area (TPSA) is 74.6 Å². The van der Waals surface area contributed by atoms with Gasteiger partial charge in [0.25, 0.3) is 5.91 Å². The summed E-state index contributed by atoms with van der Waals surface area (Å²) in [5.74, 6) is 0.626. The summed E-state index contributed by atoms with van der Waals surface area (Å²) in [6.45, 7) is 3.47. The van der Waals surface area contributed by atoms with Gasteiger partial charge in [0.2, 0.25) is 5.91 Å². The fourth-order valence-electron chi connectivity index (χ4n) is 5.04. The van der Waals surface area contributed by atoms with E-state index in [-0.39, 0.29) is 23.3 Å². The number of fused-ring (bicyclic) bond motifs is 1. The van der Waals surface area contributed by atoms with Crippen LogP contribution >= 0.6 is 0 Å². The molecular weight excluding hydrogens is 354 g/mol. The van der Waals surface area contributed by atoms with E-state index in [0.717, 1.165) is 57.1 Å². The van der Waals surface area contributed by atoms with Gasteiger partial charge in [-0.1, -0.05) is 18.2 Å². The maximum absolute atomic E-state index is 13.0. The molecule has 1 spiro atoms. The molecule has 3 fully saturated rings. The Kier molecular flexibility index (Phi) is 4.38. The summed E-state index contributed by atoms with van der Waals surface area (Å²) in [5.41, 5.74) is 0.974. The average Bonchev–Trinajstić information content (AvgIpc) is 3.22. The number of piperidine rings is 2. The minimum atomic E-state index is -0.197. The Morgan fingerprint density at radius 1 is 1.21 bits per heavy atom. The fourth-order valence-corrected chi connectivity index (χ4v) is 5.04. The molecule has 2 saturated heterocycles. The van der Waals surface area contributed by atoms with Crippen LogP contribution in [0.15, 0.2) is 34.7 Å². The smallest absolute Gasteiger partial charge is 0.287 e. The van der Waals surface area contributed by atoms with Crippen molar-refractivity contribution in [1.29, 1.82) is 0 Å². The molecule has 1 aromatic heterocycles. The number of amides is 2. The van der Waals surface area contributed by atoms with Gasteiger partial charge in [0.15, 0.2) is 5.76 Å². The van der Waals surface area contributed by atoms with Gasteiger partial charge in [-0.25, -0.2) is 0 Å². The van der Waals surface area contributed by atoms with Crippen LogP contribution in [-0.2, 0) is 4.79 Å².